The first kappa shape index (κ1) is 28.9. The van der Waals surface area contributed by atoms with Gasteiger partial charge in [-0.15, -0.1) is 0 Å². The number of hydrogen-bond acceptors (Lipinski definition) is 7. The van der Waals surface area contributed by atoms with Gasteiger partial charge in [-0.05, 0) is 18.9 Å². The Morgan fingerprint density at radius 2 is 1.93 bits per heavy atom. The molecule has 29 heavy (non-hydrogen) atoms. The van der Waals surface area contributed by atoms with Gasteiger partial charge in [-0.1, -0.05) is 45.1 Å². The Labute approximate surface area is 196 Å². The number of rotatable bonds is 15. The Balaban J connectivity index is 0.00000784. The van der Waals surface area contributed by atoms with Gasteiger partial charge in [-0.3, -0.25) is 9.28 Å². The minimum atomic E-state index is -4.58. The van der Waals surface area contributed by atoms with Crippen molar-refractivity contribution in [2.45, 2.75) is 58.0 Å². The number of ketones is 1. The van der Waals surface area contributed by atoms with Crippen LogP contribution in [0.15, 0.2) is 17.1 Å². The molecule has 0 aromatic carbocycles. The van der Waals surface area contributed by atoms with Crippen molar-refractivity contribution in [2.75, 3.05) is 38.5 Å². The number of unbranched alkanes of at least 4 members (excludes halogenated alkanes) is 6. The summed E-state index contributed by atoms with van der Waals surface area (Å²) in [7, 11) is -4.58. The van der Waals surface area contributed by atoms with Crippen LogP contribution in [0.3, 0.4) is 0 Å². The monoisotopic (exact) mass is 441 g/mol. The van der Waals surface area contributed by atoms with Crippen molar-refractivity contribution in [1.82, 2.24) is 0 Å². The minimum Gasteiger partial charge on any atom is -0.748 e. The summed E-state index contributed by atoms with van der Waals surface area (Å²) < 4.78 is 32.6. The first-order chi connectivity index (χ1) is 13.2. The number of aliphatic hydroxyl groups is 2. The number of allylic oxidation sites excluding steroid dienone is 1. The number of carbonyl (C=O) groups excluding carboxylic acids is 1. The first-order valence-corrected chi connectivity index (χ1v) is 11.7. The normalized spacial score (nSPS) is 20.5. The summed E-state index contributed by atoms with van der Waals surface area (Å²) in [5.41, 5.74) is 0. The Bertz CT molecular complexity index is 653. The maximum absolute atomic E-state index is 12.6. The van der Waals surface area contributed by atoms with Crippen LogP contribution < -0.4 is 29.6 Å². The largest absolute Gasteiger partial charge is 1.00 e. The van der Waals surface area contributed by atoms with Crippen molar-refractivity contribution >= 4 is 21.7 Å². The van der Waals surface area contributed by atoms with Crippen LogP contribution in [-0.2, 0) is 14.9 Å². The fourth-order valence-corrected chi connectivity index (χ4v) is 4.17. The molecule has 0 spiro atoms. The van der Waals surface area contributed by atoms with Crippen LogP contribution in [0.1, 0.15) is 51.9 Å². The second-order valence-electron chi connectivity index (χ2n) is 7.41. The van der Waals surface area contributed by atoms with E-state index in [1.165, 1.54) is 31.8 Å². The van der Waals surface area contributed by atoms with E-state index in [4.69, 9.17) is 0 Å². The maximum Gasteiger partial charge on any atom is 1.00 e. The number of aliphatic imine (C=N–C) groups is 1. The summed E-state index contributed by atoms with van der Waals surface area (Å²) in [6.07, 6.45) is 9.68. The Kier molecular flexibility index (Phi) is 14.7. The van der Waals surface area contributed by atoms with Crippen molar-refractivity contribution in [2.24, 2.45) is 4.99 Å². The maximum atomic E-state index is 12.6. The third-order valence-corrected chi connectivity index (χ3v) is 5.73. The van der Waals surface area contributed by atoms with E-state index in [9.17, 15) is 28.0 Å². The molecule has 0 bridgehead atoms. The average Bonchev–Trinajstić information content (AvgIpc) is 2.98. The fourth-order valence-electron chi connectivity index (χ4n) is 3.59. The SMILES string of the molecule is CCCCCCCC/C=C/C(=O)C1=NCC[N+]1(CCO)CC(O)CS(=O)(=O)[O-].[Na+]. The van der Waals surface area contributed by atoms with Gasteiger partial charge >= 0.3 is 29.6 Å². The van der Waals surface area contributed by atoms with Crippen molar-refractivity contribution < 1.29 is 62.0 Å². The molecule has 1 aliphatic rings. The molecule has 2 atom stereocenters. The summed E-state index contributed by atoms with van der Waals surface area (Å²) >= 11 is 0. The third kappa shape index (κ3) is 11.2. The van der Waals surface area contributed by atoms with E-state index in [-0.39, 0.29) is 65.4 Å². The third-order valence-electron chi connectivity index (χ3n) is 4.94. The molecular weight excluding hydrogens is 407 g/mol. The molecule has 162 valence electrons. The molecule has 0 saturated heterocycles. The molecule has 1 heterocycles. The standard InChI is InChI=1S/C19H34N2O6S.Na/c1-2-3-4-5-6-7-8-9-10-18(24)19-20-11-12-21(19,13-14-22)15-17(23)16-28(25,26)27;/h9-10,17,22-23H,2-8,11-16H2,1H3;/q;+1/b10-9+;. The molecule has 2 unspecified atom stereocenters. The van der Waals surface area contributed by atoms with Crippen molar-refractivity contribution in [3.8, 4) is 0 Å². The van der Waals surface area contributed by atoms with Crippen molar-refractivity contribution in [3.63, 3.8) is 0 Å². The zero-order valence-electron chi connectivity index (χ0n) is 17.8. The van der Waals surface area contributed by atoms with Crippen LogP contribution in [0.2, 0.25) is 0 Å². The molecular formula is C19H34N2NaO6S+. The quantitative estimate of drug-likeness (QED) is 0.0994. The smallest absolute Gasteiger partial charge is 0.748 e. The Morgan fingerprint density at radius 1 is 1.28 bits per heavy atom. The topological polar surface area (TPSA) is 127 Å². The fraction of sp³-hybridized carbons (Fsp3) is 0.789. The summed E-state index contributed by atoms with van der Waals surface area (Å²) in [6, 6.07) is 0. The zero-order chi connectivity index (χ0) is 21.0. The molecule has 0 aromatic heterocycles. The number of carbonyl (C=O) groups is 1. The van der Waals surface area contributed by atoms with E-state index in [0.717, 1.165) is 19.3 Å². The molecule has 2 N–H and O–H groups in total. The van der Waals surface area contributed by atoms with Gasteiger partial charge in [0.05, 0.1) is 29.0 Å². The van der Waals surface area contributed by atoms with Crippen LogP contribution in [-0.4, -0.2) is 83.9 Å². The molecule has 0 aromatic rings. The van der Waals surface area contributed by atoms with Gasteiger partial charge in [0.2, 0.25) is 0 Å². The molecule has 0 fully saturated rings. The van der Waals surface area contributed by atoms with Gasteiger partial charge in [0.25, 0.3) is 11.6 Å². The van der Waals surface area contributed by atoms with Gasteiger partial charge in [-0.2, -0.15) is 0 Å². The summed E-state index contributed by atoms with van der Waals surface area (Å²) in [6.45, 7) is 2.65. The predicted molar refractivity (Wildman–Crippen MR) is 107 cm³/mol. The molecule has 8 nitrogen and oxygen atoms in total. The van der Waals surface area contributed by atoms with Crippen LogP contribution in [0.5, 0.6) is 0 Å². The first-order valence-electron chi connectivity index (χ1n) is 10.1. The summed E-state index contributed by atoms with van der Waals surface area (Å²) in [5, 5.41) is 19.4. The molecule has 0 amide bonds. The van der Waals surface area contributed by atoms with Gasteiger partial charge in [0.1, 0.15) is 25.7 Å². The number of hydrogen-bond donors (Lipinski definition) is 2. The van der Waals surface area contributed by atoms with Crippen LogP contribution in [0.25, 0.3) is 0 Å². The van der Waals surface area contributed by atoms with Gasteiger partial charge in [0, 0.05) is 0 Å². The second-order valence-corrected chi connectivity index (χ2v) is 8.85. The number of amidine groups is 1. The van der Waals surface area contributed by atoms with Gasteiger partial charge in [-0.25, -0.2) is 13.4 Å². The van der Waals surface area contributed by atoms with E-state index in [2.05, 4.69) is 11.9 Å². The predicted octanol–water partition coefficient (Wildman–Crippen LogP) is -2.01. The van der Waals surface area contributed by atoms with Crippen molar-refractivity contribution in [3.05, 3.63) is 12.2 Å². The van der Waals surface area contributed by atoms with Crippen LogP contribution in [0.4, 0.5) is 0 Å². The molecule has 1 rings (SSSR count). The van der Waals surface area contributed by atoms with Crippen LogP contribution >= 0.6 is 0 Å². The van der Waals surface area contributed by atoms with E-state index < -0.39 is 22.0 Å². The number of quaternary nitrogens is 1. The van der Waals surface area contributed by atoms with Crippen molar-refractivity contribution in [1.29, 1.82) is 0 Å². The average molecular weight is 442 g/mol. The Hall–Kier alpha value is -0.130. The summed E-state index contributed by atoms with van der Waals surface area (Å²) in [4.78, 5) is 16.8. The van der Waals surface area contributed by atoms with E-state index in [0.29, 0.717) is 13.1 Å². The second kappa shape index (κ2) is 14.8. The summed E-state index contributed by atoms with van der Waals surface area (Å²) in [5.74, 6) is -1.02. The van der Waals surface area contributed by atoms with E-state index in [1.807, 2.05) is 6.08 Å². The number of nitrogens with zero attached hydrogens (tertiary/aromatic N) is 2. The number of aliphatic hydroxyl groups excluding tert-OH is 2. The Morgan fingerprint density at radius 3 is 2.55 bits per heavy atom. The minimum absolute atomic E-state index is 0. The molecule has 0 radical (unpaired) electrons. The zero-order valence-corrected chi connectivity index (χ0v) is 20.6. The van der Waals surface area contributed by atoms with Gasteiger partial charge in [0.15, 0.2) is 0 Å². The molecule has 0 aliphatic carbocycles. The molecule has 0 saturated carbocycles. The van der Waals surface area contributed by atoms with E-state index >= 15 is 0 Å². The molecule has 1 aliphatic heterocycles. The van der Waals surface area contributed by atoms with E-state index in [1.54, 1.807) is 0 Å². The van der Waals surface area contributed by atoms with Crippen LogP contribution in [0, 0.1) is 0 Å². The van der Waals surface area contributed by atoms with Gasteiger partial charge < -0.3 is 14.8 Å². The molecule has 10 heteroatoms.